The average molecular weight is 299 g/mol. The third-order valence-corrected chi connectivity index (χ3v) is 2.66. The first-order valence-electron chi connectivity index (χ1n) is 5.08. The zero-order chi connectivity index (χ0) is 14.4. The number of hydrogen-bond acceptors (Lipinski definition) is 5. The van der Waals surface area contributed by atoms with Crippen LogP contribution in [-0.2, 0) is 9.53 Å². The number of benzene rings is 1. The molecule has 0 aliphatic carbocycles. The molecule has 0 saturated carbocycles. The van der Waals surface area contributed by atoms with Gasteiger partial charge in [-0.05, 0) is 5.92 Å². The van der Waals surface area contributed by atoms with Crippen LogP contribution in [-0.4, -0.2) is 33.6 Å². The standard InChI is InChI=1S/C13H11ClO5.CH4/c1-17-9-7-10(18-2)12(14)8(5-4-6-15)11(9)13(16)19-3;/h6-7H,1-3H3;1H4. The van der Waals surface area contributed by atoms with Crippen molar-refractivity contribution in [3.05, 3.63) is 22.2 Å². The molecule has 0 unspecified atom stereocenters. The quantitative estimate of drug-likeness (QED) is 0.487. The van der Waals surface area contributed by atoms with E-state index in [0.717, 1.165) is 0 Å². The number of halogens is 1. The maximum Gasteiger partial charge on any atom is 0.342 e. The Hall–Kier alpha value is -2.19. The minimum atomic E-state index is -0.670. The van der Waals surface area contributed by atoms with E-state index in [9.17, 15) is 9.59 Å². The lowest BCUT2D eigenvalue weighted by molar-refractivity contribution is -0.103. The van der Waals surface area contributed by atoms with Crippen molar-refractivity contribution in [1.29, 1.82) is 0 Å². The van der Waals surface area contributed by atoms with Crippen LogP contribution in [0, 0.1) is 11.8 Å². The Bertz CT molecular complexity index is 569. The molecule has 0 aliphatic heterocycles. The number of carbonyl (C=O) groups excluding carboxylic acids is 2. The van der Waals surface area contributed by atoms with Crippen molar-refractivity contribution in [3.8, 4) is 23.3 Å². The van der Waals surface area contributed by atoms with Crippen molar-refractivity contribution >= 4 is 23.9 Å². The maximum atomic E-state index is 11.8. The molecular formula is C14H15ClO5. The van der Waals surface area contributed by atoms with Crippen molar-refractivity contribution in [1.82, 2.24) is 0 Å². The van der Waals surface area contributed by atoms with Crippen LogP contribution in [0.3, 0.4) is 0 Å². The number of carbonyl (C=O) groups is 2. The van der Waals surface area contributed by atoms with E-state index >= 15 is 0 Å². The van der Waals surface area contributed by atoms with Gasteiger partial charge in [-0.25, -0.2) is 4.79 Å². The summed E-state index contributed by atoms with van der Waals surface area (Å²) in [6.07, 6.45) is 0.392. The molecule has 0 spiro atoms. The molecule has 1 rings (SSSR count). The van der Waals surface area contributed by atoms with Gasteiger partial charge in [0.2, 0.25) is 0 Å². The maximum absolute atomic E-state index is 11.8. The summed E-state index contributed by atoms with van der Waals surface area (Å²) >= 11 is 6.07. The Morgan fingerprint density at radius 3 is 2.30 bits per heavy atom. The van der Waals surface area contributed by atoms with Crippen molar-refractivity contribution in [2.75, 3.05) is 21.3 Å². The Morgan fingerprint density at radius 1 is 1.25 bits per heavy atom. The third kappa shape index (κ3) is 3.43. The van der Waals surface area contributed by atoms with E-state index in [2.05, 4.69) is 16.6 Å². The second-order valence-electron chi connectivity index (χ2n) is 3.22. The second kappa shape index (κ2) is 8.08. The number of aldehydes is 1. The molecule has 0 bridgehead atoms. The fourth-order valence-electron chi connectivity index (χ4n) is 1.44. The number of methoxy groups -OCH3 is 3. The molecule has 0 amide bonds. The van der Waals surface area contributed by atoms with E-state index in [1.54, 1.807) is 0 Å². The molecule has 5 nitrogen and oxygen atoms in total. The molecule has 1 aromatic carbocycles. The summed E-state index contributed by atoms with van der Waals surface area (Å²) < 4.78 is 14.8. The summed E-state index contributed by atoms with van der Waals surface area (Å²) in [7, 11) is 4.01. The summed E-state index contributed by atoms with van der Waals surface area (Å²) in [6, 6.07) is 1.45. The third-order valence-electron chi connectivity index (χ3n) is 2.28. The van der Waals surface area contributed by atoms with E-state index < -0.39 is 5.97 Å². The molecule has 0 radical (unpaired) electrons. The number of rotatable bonds is 3. The summed E-state index contributed by atoms with van der Waals surface area (Å²) in [5, 5.41) is 0.109. The highest BCUT2D eigenvalue weighted by atomic mass is 35.5. The van der Waals surface area contributed by atoms with Crippen LogP contribution >= 0.6 is 11.6 Å². The highest BCUT2D eigenvalue weighted by Gasteiger charge is 2.23. The molecule has 0 saturated heterocycles. The molecular weight excluding hydrogens is 284 g/mol. The molecule has 20 heavy (non-hydrogen) atoms. The first-order valence-corrected chi connectivity index (χ1v) is 5.46. The van der Waals surface area contributed by atoms with Crippen LogP contribution in [0.4, 0.5) is 0 Å². The van der Waals surface area contributed by atoms with Crippen LogP contribution in [0.2, 0.25) is 5.02 Å². The summed E-state index contributed by atoms with van der Waals surface area (Å²) in [5.74, 6) is 4.49. The van der Waals surface area contributed by atoms with Gasteiger partial charge in [0.25, 0.3) is 0 Å². The lowest BCUT2D eigenvalue weighted by Crippen LogP contribution is -2.08. The van der Waals surface area contributed by atoms with Gasteiger partial charge in [-0.3, -0.25) is 4.79 Å². The number of ether oxygens (including phenoxy) is 3. The predicted octanol–water partition coefficient (Wildman–Crippen LogP) is 2.33. The molecule has 0 N–H and O–H groups in total. The summed E-state index contributed by atoms with van der Waals surface area (Å²) in [4.78, 5) is 22.1. The Balaban J connectivity index is 0.00000361. The van der Waals surface area contributed by atoms with Crippen LogP contribution < -0.4 is 9.47 Å². The molecule has 108 valence electrons. The van der Waals surface area contributed by atoms with Crippen molar-refractivity contribution in [2.24, 2.45) is 0 Å². The SMILES string of the molecule is C.COC(=O)c1c(OC)cc(OC)c(Cl)c1C#CC=O. The molecule has 0 fully saturated rings. The minimum Gasteiger partial charge on any atom is -0.496 e. The molecule has 0 heterocycles. The molecule has 0 aromatic heterocycles. The van der Waals surface area contributed by atoms with Gasteiger partial charge in [-0.2, -0.15) is 0 Å². The average Bonchev–Trinajstić information content (AvgIpc) is 2.44. The monoisotopic (exact) mass is 298 g/mol. The predicted molar refractivity (Wildman–Crippen MR) is 75.6 cm³/mol. The topological polar surface area (TPSA) is 61.8 Å². The van der Waals surface area contributed by atoms with Crippen molar-refractivity contribution in [3.63, 3.8) is 0 Å². The lowest BCUT2D eigenvalue weighted by atomic mass is 10.1. The van der Waals surface area contributed by atoms with Crippen LogP contribution in [0.25, 0.3) is 0 Å². The largest absolute Gasteiger partial charge is 0.496 e. The molecule has 0 atom stereocenters. The van der Waals surface area contributed by atoms with Crippen molar-refractivity contribution in [2.45, 2.75) is 7.43 Å². The fraction of sp³-hybridized carbons (Fsp3) is 0.286. The Kier molecular flexibility index (Phi) is 7.19. The van der Waals surface area contributed by atoms with Crippen molar-refractivity contribution < 1.29 is 23.8 Å². The van der Waals surface area contributed by atoms with E-state index in [0.29, 0.717) is 6.29 Å². The van der Waals surface area contributed by atoms with Gasteiger partial charge in [0, 0.05) is 6.07 Å². The zero-order valence-corrected chi connectivity index (χ0v) is 11.3. The summed E-state index contributed by atoms with van der Waals surface area (Å²) in [5.41, 5.74) is 0.168. The van der Waals surface area contributed by atoms with Crippen LogP contribution in [0.15, 0.2) is 6.07 Å². The Morgan fingerprint density at radius 2 is 1.85 bits per heavy atom. The zero-order valence-electron chi connectivity index (χ0n) is 10.6. The minimum absolute atomic E-state index is 0. The smallest absolute Gasteiger partial charge is 0.342 e. The number of hydrogen-bond donors (Lipinski definition) is 0. The van der Waals surface area contributed by atoms with E-state index in [1.165, 1.54) is 27.4 Å². The van der Waals surface area contributed by atoms with Gasteiger partial charge in [0.15, 0.2) is 6.29 Å². The highest BCUT2D eigenvalue weighted by Crippen LogP contribution is 2.37. The van der Waals surface area contributed by atoms with E-state index in [-0.39, 0.29) is 35.1 Å². The van der Waals surface area contributed by atoms with Crippen LogP contribution in [0.5, 0.6) is 11.5 Å². The van der Waals surface area contributed by atoms with Crippen LogP contribution in [0.1, 0.15) is 23.3 Å². The van der Waals surface area contributed by atoms with E-state index in [1.807, 2.05) is 0 Å². The summed E-state index contributed by atoms with van der Waals surface area (Å²) in [6.45, 7) is 0. The van der Waals surface area contributed by atoms with Gasteiger partial charge in [-0.15, -0.1) is 0 Å². The molecule has 6 heteroatoms. The molecule has 0 aliphatic rings. The lowest BCUT2D eigenvalue weighted by Gasteiger charge is -2.13. The van der Waals surface area contributed by atoms with E-state index in [4.69, 9.17) is 21.1 Å². The molecule has 1 aromatic rings. The first-order chi connectivity index (χ1) is 9.10. The van der Waals surface area contributed by atoms with Gasteiger partial charge < -0.3 is 14.2 Å². The highest BCUT2D eigenvalue weighted by molar-refractivity contribution is 6.34. The fourth-order valence-corrected chi connectivity index (χ4v) is 1.72. The first kappa shape index (κ1) is 17.8. The second-order valence-corrected chi connectivity index (χ2v) is 3.60. The van der Waals surface area contributed by atoms with Gasteiger partial charge >= 0.3 is 5.97 Å². The Labute approximate surface area is 122 Å². The van der Waals surface area contributed by atoms with Gasteiger partial charge in [0.1, 0.15) is 17.1 Å². The van der Waals surface area contributed by atoms with Gasteiger partial charge in [-0.1, -0.05) is 24.9 Å². The number of esters is 1. The van der Waals surface area contributed by atoms with Gasteiger partial charge in [0.05, 0.1) is 31.9 Å². The normalized spacial score (nSPS) is 8.60.